The van der Waals surface area contributed by atoms with Crippen molar-refractivity contribution >= 4 is 5.91 Å². The summed E-state index contributed by atoms with van der Waals surface area (Å²) in [5, 5.41) is 3.92. The number of ether oxygens (including phenoxy) is 1. The minimum absolute atomic E-state index is 0.127. The molecule has 1 aliphatic rings. The normalized spacial score (nSPS) is 18.6. The Labute approximate surface area is 105 Å². The van der Waals surface area contributed by atoms with E-state index in [-0.39, 0.29) is 11.8 Å². The number of carbonyl (C=O) groups is 1. The number of aromatic nitrogens is 2. The summed E-state index contributed by atoms with van der Waals surface area (Å²) >= 11 is 0. The van der Waals surface area contributed by atoms with Gasteiger partial charge in [-0.3, -0.25) is 4.79 Å². The topological polar surface area (TPSA) is 68.5 Å². The molecule has 1 aromatic rings. The molecule has 0 radical (unpaired) electrons. The van der Waals surface area contributed by atoms with Crippen molar-refractivity contribution in [2.45, 2.75) is 25.9 Å². The number of hydrogen-bond donors (Lipinski definition) is 0. The third kappa shape index (κ3) is 2.68. The average molecular weight is 249 g/mol. The molecule has 6 heteroatoms. The lowest BCUT2D eigenvalue weighted by atomic mass is 10.1. The first kappa shape index (κ1) is 12.6. The highest BCUT2D eigenvalue weighted by Gasteiger charge is 2.29. The molecule has 1 aromatic heterocycles. The van der Waals surface area contributed by atoms with Gasteiger partial charge in [0.25, 0.3) is 11.8 Å². The summed E-state index contributed by atoms with van der Waals surface area (Å²) in [4.78, 5) is 17.6. The molecule has 1 fully saturated rings. The SMILES string of the molecule is CC#CC(=O)N1CCC(c2noc(COC)n2)C1. The van der Waals surface area contributed by atoms with Gasteiger partial charge in [0, 0.05) is 26.1 Å². The van der Waals surface area contributed by atoms with Gasteiger partial charge in [-0.2, -0.15) is 4.98 Å². The van der Waals surface area contributed by atoms with Crippen molar-refractivity contribution in [1.29, 1.82) is 0 Å². The molecule has 1 aliphatic heterocycles. The van der Waals surface area contributed by atoms with Gasteiger partial charge in [0.15, 0.2) is 5.82 Å². The van der Waals surface area contributed by atoms with Gasteiger partial charge in [0.05, 0.1) is 0 Å². The van der Waals surface area contributed by atoms with Gasteiger partial charge >= 0.3 is 0 Å². The number of rotatable bonds is 3. The molecule has 0 aromatic carbocycles. The fraction of sp³-hybridized carbons (Fsp3) is 0.583. The first-order valence-electron chi connectivity index (χ1n) is 5.77. The fourth-order valence-electron chi connectivity index (χ4n) is 1.96. The number of amides is 1. The number of hydrogen-bond acceptors (Lipinski definition) is 5. The third-order valence-electron chi connectivity index (χ3n) is 2.82. The van der Waals surface area contributed by atoms with E-state index >= 15 is 0 Å². The number of nitrogens with zero attached hydrogens (tertiary/aromatic N) is 3. The highest BCUT2D eigenvalue weighted by atomic mass is 16.5. The number of methoxy groups -OCH3 is 1. The largest absolute Gasteiger partial charge is 0.375 e. The average Bonchev–Trinajstić information content (AvgIpc) is 2.97. The summed E-state index contributed by atoms with van der Waals surface area (Å²) in [6.45, 7) is 3.25. The van der Waals surface area contributed by atoms with Gasteiger partial charge in [-0.1, -0.05) is 11.1 Å². The third-order valence-corrected chi connectivity index (χ3v) is 2.82. The minimum Gasteiger partial charge on any atom is -0.375 e. The molecule has 0 saturated carbocycles. The molecule has 0 aliphatic carbocycles. The first-order chi connectivity index (χ1) is 8.74. The molecule has 2 rings (SSSR count). The summed E-state index contributed by atoms with van der Waals surface area (Å²) < 4.78 is 9.96. The van der Waals surface area contributed by atoms with Gasteiger partial charge in [0.1, 0.15) is 6.61 Å². The van der Waals surface area contributed by atoms with Crippen LogP contribution in [0.15, 0.2) is 4.52 Å². The number of likely N-dealkylation sites (tertiary alicyclic amines) is 1. The lowest BCUT2D eigenvalue weighted by Crippen LogP contribution is -2.27. The van der Waals surface area contributed by atoms with Crippen LogP contribution >= 0.6 is 0 Å². The highest BCUT2D eigenvalue weighted by molar-refractivity contribution is 5.93. The summed E-state index contributed by atoms with van der Waals surface area (Å²) in [6, 6.07) is 0. The van der Waals surface area contributed by atoms with Crippen LogP contribution in [-0.4, -0.2) is 41.1 Å². The van der Waals surface area contributed by atoms with Crippen LogP contribution in [0.1, 0.15) is 31.0 Å². The molecule has 2 heterocycles. The van der Waals surface area contributed by atoms with E-state index < -0.39 is 0 Å². The van der Waals surface area contributed by atoms with E-state index in [2.05, 4.69) is 22.0 Å². The van der Waals surface area contributed by atoms with Crippen LogP contribution in [0.25, 0.3) is 0 Å². The second kappa shape index (κ2) is 5.65. The van der Waals surface area contributed by atoms with Crippen molar-refractivity contribution in [3.63, 3.8) is 0 Å². The van der Waals surface area contributed by atoms with Crippen molar-refractivity contribution < 1.29 is 14.1 Å². The zero-order valence-corrected chi connectivity index (χ0v) is 10.5. The second-order valence-corrected chi connectivity index (χ2v) is 4.09. The summed E-state index contributed by atoms with van der Waals surface area (Å²) in [6.07, 6.45) is 0.836. The Bertz CT molecular complexity index is 486. The molecule has 0 N–H and O–H groups in total. The van der Waals surface area contributed by atoms with E-state index in [1.165, 1.54) is 0 Å². The Morgan fingerprint density at radius 1 is 1.67 bits per heavy atom. The monoisotopic (exact) mass is 249 g/mol. The standard InChI is InChI=1S/C12H15N3O3/c1-3-4-11(16)15-6-5-9(7-15)12-13-10(8-17-2)18-14-12/h9H,5-8H2,1-2H3. The Morgan fingerprint density at radius 3 is 3.22 bits per heavy atom. The maximum atomic E-state index is 11.6. The van der Waals surface area contributed by atoms with Gasteiger partial charge in [-0.15, -0.1) is 0 Å². The van der Waals surface area contributed by atoms with E-state index in [1.807, 2.05) is 0 Å². The first-order valence-corrected chi connectivity index (χ1v) is 5.77. The summed E-state index contributed by atoms with van der Waals surface area (Å²) in [5.41, 5.74) is 0. The van der Waals surface area contributed by atoms with Crippen molar-refractivity contribution in [2.24, 2.45) is 0 Å². The predicted molar refractivity (Wildman–Crippen MR) is 62.4 cm³/mol. The minimum atomic E-state index is -0.138. The van der Waals surface area contributed by atoms with Crippen molar-refractivity contribution in [3.05, 3.63) is 11.7 Å². The van der Waals surface area contributed by atoms with Crippen LogP contribution in [0.3, 0.4) is 0 Å². The Hall–Kier alpha value is -1.87. The molecule has 1 saturated heterocycles. The molecule has 1 amide bonds. The van der Waals surface area contributed by atoms with Crippen LogP contribution in [-0.2, 0) is 16.1 Å². The van der Waals surface area contributed by atoms with Gasteiger partial charge < -0.3 is 14.2 Å². The molecular formula is C12H15N3O3. The Morgan fingerprint density at radius 2 is 2.50 bits per heavy atom. The van der Waals surface area contributed by atoms with Crippen LogP contribution in [0.2, 0.25) is 0 Å². The van der Waals surface area contributed by atoms with E-state index in [0.717, 1.165) is 6.42 Å². The maximum Gasteiger partial charge on any atom is 0.298 e. The molecule has 0 spiro atoms. The summed E-state index contributed by atoms with van der Waals surface area (Å²) in [5.74, 6) is 6.24. The Balaban J connectivity index is 1.98. The van der Waals surface area contributed by atoms with E-state index in [0.29, 0.717) is 31.4 Å². The van der Waals surface area contributed by atoms with E-state index in [4.69, 9.17) is 9.26 Å². The van der Waals surface area contributed by atoms with Crippen LogP contribution in [0, 0.1) is 11.8 Å². The quantitative estimate of drug-likeness (QED) is 0.732. The smallest absolute Gasteiger partial charge is 0.298 e. The lowest BCUT2D eigenvalue weighted by molar-refractivity contribution is -0.124. The Kier molecular flexibility index (Phi) is 3.95. The van der Waals surface area contributed by atoms with Crippen molar-refractivity contribution in [3.8, 4) is 11.8 Å². The zero-order valence-electron chi connectivity index (χ0n) is 10.5. The second-order valence-electron chi connectivity index (χ2n) is 4.09. The van der Waals surface area contributed by atoms with E-state index in [1.54, 1.807) is 18.9 Å². The molecule has 1 atom stereocenters. The maximum absolute atomic E-state index is 11.6. The molecule has 6 nitrogen and oxygen atoms in total. The van der Waals surface area contributed by atoms with Gasteiger partial charge in [-0.25, -0.2) is 0 Å². The molecule has 1 unspecified atom stereocenters. The van der Waals surface area contributed by atoms with Crippen LogP contribution in [0.5, 0.6) is 0 Å². The summed E-state index contributed by atoms with van der Waals surface area (Å²) in [7, 11) is 1.57. The van der Waals surface area contributed by atoms with Crippen LogP contribution < -0.4 is 0 Å². The van der Waals surface area contributed by atoms with Gasteiger partial charge in [0.2, 0.25) is 0 Å². The lowest BCUT2D eigenvalue weighted by Gasteiger charge is -2.11. The fourth-order valence-corrected chi connectivity index (χ4v) is 1.96. The highest BCUT2D eigenvalue weighted by Crippen LogP contribution is 2.24. The molecule has 18 heavy (non-hydrogen) atoms. The van der Waals surface area contributed by atoms with Crippen molar-refractivity contribution in [2.75, 3.05) is 20.2 Å². The predicted octanol–water partition coefficient (Wildman–Crippen LogP) is 0.555. The zero-order chi connectivity index (χ0) is 13.0. The molecule has 96 valence electrons. The molecular weight excluding hydrogens is 234 g/mol. The van der Waals surface area contributed by atoms with Crippen molar-refractivity contribution in [1.82, 2.24) is 15.0 Å². The number of carbonyl (C=O) groups excluding carboxylic acids is 1. The van der Waals surface area contributed by atoms with Gasteiger partial charge in [-0.05, 0) is 19.3 Å². The molecule has 0 bridgehead atoms. The van der Waals surface area contributed by atoms with E-state index in [9.17, 15) is 4.79 Å². The van der Waals surface area contributed by atoms with Crippen LogP contribution in [0.4, 0.5) is 0 Å².